The molecule has 0 aliphatic heterocycles. The molecule has 0 aromatic heterocycles. The van der Waals surface area contributed by atoms with Crippen LogP contribution in [0.2, 0.25) is 0 Å². The monoisotopic (exact) mass is 226 g/mol. The van der Waals surface area contributed by atoms with Gasteiger partial charge in [-0.05, 0) is 31.0 Å². The summed E-state index contributed by atoms with van der Waals surface area (Å²) in [5.41, 5.74) is 0. The van der Waals surface area contributed by atoms with E-state index in [4.69, 9.17) is 0 Å². The normalized spacial score (nSPS) is 18.1. The van der Waals surface area contributed by atoms with Crippen molar-refractivity contribution in [2.45, 2.75) is 35.8 Å². The van der Waals surface area contributed by atoms with Gasteiger partial charge >= 0.3 is 0 Å². The lowest BCUT2D eigenvalue weighted by Gasteiger charge is -2.10. The molecule has 0 unspecified atom stereocenters. The van der Waals surface area contributed by atoms with Crippen molar-refractivity contribution < 1.29 is 13.5 Å². The van der Waals surface area contributed by atoms with Crippen LogP contribution >= 0.6 is 0 Å². The third kappa shape index (κ3) is 2.00. The maximum Gasteiger partial charge on any atom is 0.181 e. The van der Waals surface area contributed by atoms with Crippen molar-refractivity contribution in [3.63, 3.8) is 0 Å². The molecule has 82 valence electrons. The summed E-state index contributed by atoms with van der Waals surface area (Å²) in [5, 5.41) is 9.00. The van der Waals surface area contributed by atoms with Crippen molar-refractivity contribution in [3.8, 4) is 5.75 Å². The van der Waals surface area contributed by atoms with Crippen LogP contribution in [0, 0.1) is 0 Å². The first kappa shape index (κ1) is 10.5. The molecule has 1 fully saturated rings. The van der Waals surface area contributed by atoms with E-state index in [-0.39, 0.29) is 15.9 Å². The first-order chi connectivity index (χ1) is 7.10. The Kier molecular flexibility index (Phi) is 2.69. The maximum absolute atomic E-state index is 12.1. The topological polar surface area (TPSA) is 54.4 Å². The van der Waals surface area contributed by atoms with Gasteiger partial charge in [0.25, 0.3) is 0 Å². The highest BCUT2D eigenvalue weighted by molar-refractivity contribution is 7.92. The maximum atomic E-state index is 12.1. The molecular weight excluding hydrogens is 212 g/mol. The first-order valence-electron chi connectivity index (χ1n) is 5.13. The van der Waals surface area contributed by atoms with Gasteiger partial charge in [0.1, 0.15) is 5.75 Å². The molecule has 1 aliphatic carbocycles. The Bertz CT molecular complexity index is 445. The van der Waals surface area contributed by atoms with Gasteiger partial charge in [-0.3, -0.25) is 0 Å². The van der Waals surface area contributed by atoms with E-state index in [0.29, 0.717) is 0 Å². The number of phenolic OH excluding ortho intramolecular Hbond substituents is 1. The molecule has 3 nitrogen and oxygen atoms in total. The third-order valence-electron chi connectivity index (χ3n) is 2.89. The molecule has 1 aromatic rings. The zero-order valence-electron chi connectivity index (χ0n) is 8.39. The molecule has 2 rings (SSSR count). The van der Waals surface area contributed by atoms with Crippen LogP contribution in [0.15, 0.2) is 29.2 Å². The minimum absolute atomic E-state index is 0.00840. The van der Waals surface area contributed by atoms with E-state index in [2.05, 4.69) is 0 Å². The second-order valence-corrected chi connectivity index (χ2v) is 6.18. The third-order valence-corrected chi connectivity index (χ3v) is 5.15. The van der Waals surface area contributed by atoms with E-state index >= 15 is 0 Å². The quantitative estimate of drug-likeness (QED) is 0.840. The van der Waals surface area contributed by atoms with Crippen LogP contribution in [0.3, 0.4) is 0 Å². The Hall–Kier alpha value is -1.03. The fourth-order valence-electron chi connectivity index (χ4n) is 2.05. The molecule has 0 saturated heterocycles. The SMILES string of the molecule is O=S(=O)(c1cccc(O)c1)C1CCCC1. The van der Waals surface area contributed by atoms with Crippen molar-refractivity contribution in [3.05, 3.63) is 24.3 Å². The smallest absolute Gasteiger partial charge is 0.181 e. The molecule has 0 atom stereocenters. The van der Waals surface area contributed by atoms with Gasteiger partial charge in [0.2, 0.25) is 0 Å². The van der Waals surface area contributed by atoms with Gasteiger partial charge in [-0.2, -0.15) is 0 Å². The molecule has 0 heterocycles. The van der Waals surface area contributed by atoms with Crippen LogP contribution in [-0.4, -0.2) is 18.8 Å². The van der Waals surface area contributed by atoms with Crippen molar-refractivity contribution >= 4 is 9.84 Å². The summed E-state index contributed by atoms with van der Waals surface area (Å²) in [4.78, 5) is 0.245. The van der Waals surface area contributed by atoms with Gasteiger partial charge in [0.15, 0.2) is 9.84 Å². The highest BCUT2D eigenvalue weighted by Crippen LogP contribution is 2.30. The molecule has 1 aromatic carbocycles. The lowest BCUT2D eigenvalue weighted by Crippen LogP contribution is -2.17. The Balaban J connectivity index is 2.36. The Morgan fingerprint density at radius 1 is 1.20 bits per heavy atom. The summed E-state index contributed by atoms with van der Waals surface area (Å²) in [6.07, 6.45) is 3.47. The van der Waals surface area contributed by atoms with Crippen molar-refractivity contribution in [2.24, 2.45) is 0 Å². The van der Waals surface area contributed by atoms with E-state index in [9.17, 15) is 13.5 Å². The second kappa shape index (κ2) is 3.85. The van der Waals surface area contributed by atoms with E-state index in [1.54, 1.807) is 12.1 Å². The van der Waals surface area contributed by atoms with Crippen molar-refractivity contribution in [1.82, 2.24) is 0 Å². The van der Waals surface area contributed by atoms with E-state index in [1.807, 2.05) is 0 Å². The number of sulfone groups is 1. The molecule has 1 N–H and O–H groups in total. The van der Waals surface area contributed by atoms with Gasteiger partial charge in [-0.1, -0.05) is 18.9 Å². The molecule has 0 amide bonds. The fourth-order valence-corrected chi connectivity index (χ4v) is 3.94. The van der Waals surface area contributed by atoms with E-state index in [0.717, 1.165) is 25.7 Å². The molecular formula is C11H14O3S. The summed E-state index contributed by atoms with van der Waals surface area (Å²) < 4.78 is 24.2. The number of hydrogen-bond donors (Lipinski definition) is 1. The van der Waals surface area contributed by atoms with Gasteiger partial charge in [-0.25, -0.2) is 8.42 Å². The van der Waals surface area contributed by atoms with Gasteiger partial charge in [0, 0.05) is 0 Å². The summed E-state index contributed by atoms with van der Waals surface area (Å²) in [5.74, 6) is 0.00840. The summed E-state index contributed by atoms with van der Waals surface area (Å²) in [7, 11) is -3.22. The van der Waals surface area contributed by atoms with Crippen LogP contribution in [0.25, 0.3) is 0 Å². The van der Waals surface area contributed by atoms with Crippen LogP contribution in [0.1, 0.15) is 25.7 Å². The predicted molar refractivity (Wildman–Crippen MR) is 57.5 cm³/mol. The first-order valence-corrected chi connectivity index (χ1v) is 6.68. The summed E-state index contributed by atoms with van der Waals surface area (Å²) in [6, 6.07) is 5.92. The summed E-state index contributed by atoms with van der Waals surface area (Å²) in [6.45, 7) is 0. The van der Waals surface area contributed by atoms with Crippen LogP contribution in [0.5, 0.6) is 5.75 Å². The number of hydrogen-bond acceptors (Lipinski definition) is 3. The lowest BCUT2D eigenvalue weighted by atomic mass is 10.3. The molecule has 1 aliphatic rings. The number of phenols is 1. The van der Waals surface area contributed by atoms with Crippen molar-refractivity contribution in [1.29, 1.82) is 0 Å². The van der Waals surface area contributed by atoms with Gasteiger partial charge < -0.3 is 5.11 Å². The second-order valence-electron chi connectivity index (χ2n) is 3.95. The Labute approximate surface area is 89.7 Å². The minimum atomic E-state index is -3.22. The number of benzene rings is 1. The molecule has 15 heavy (non-hydrogen) atoms. The van der Waals surface area contributed by atoms with Crippen LogP contribution in [0.4, 0.5) is 0 Å². The highest BCUT2D eigenvalue weighted by Gasteiger charge is 2.30. The van der Waals surface area contributed by atoms with Gasteiger partial charge in [-0.15, -0.1) is 0 Å². The predicted octanol–water partition coefficient (Wildman–Crippen LogP) is 2.11. The molecule has 0 radical (unpaired) electrons. The zero-order valence-corrected chi connectivity index (χ0v) is 9.20. The zero-order chi connectivity index (χ0) is 10.9. The largest absolute Gasteiger partial charge is 0.508 e. The molecule has 0 bridgehead atoms. The minimum Gasteiger partial charge on any atom is -0.508 e. The standard InChI is InChI=1S/C11H14O3S/c12-9-4-3-7-11(8-9)15(13,14)10-5-1-2-6-10/h3-4,7-8,10,12H,1-2,5-6H2. The van der Waals surface area contributed by atoms with Crippen LogP contribution < -0.4 is 0 Å². The summed E-state index contributed by atoms with van der Waals surface area (Å²) >= 11 is 0. The number of rotatable bonds is 2. The fraction of sp³-hybridized carbons (Fsp3) is 0.455. The highest BCUT2D eigenvalue weighted by atomic mass is 32.2. The van der Waals surface area contributed by atoms with Crippen molar-refractivity contribution in [2.75, 3.05) is 0 Å². The average Bonchev–Trinajstić information content (AvgIpc) is 2.71. The van der Waals surface area contributed by atoms with Gasteiger partial charge in [0.05, 0.1) is 10.1 Å². The lowest BCUT2D eigenvalue weighted by molar-refractivity contribution is 0.473. The molecule has 1 saturated carbocycles. The van der Waals surface area contributed by atoms with Crippen LogP contribution in [-0.2, 0) is 9.84 Å². The Morgan fingerprint density at radius 3 is 2.47 bits per heavy atom. The Morgan fingerprint density at radius 2 is 1.87 bits per heavy atom. The van der Waals surface area contributed by atoms with E-state index < -0.39 is 9.84 Å². The van der Waals surface area contributed by atoms with E-state index in [1.165, 1.54) is 12.1 Å². The molecule has 4 heteroatoms. The average molecular weight is 226 g/mol. The number of aromatic hydroxyl groups is 1. The molecule has 0 spiro atoms.